The first-order chi connectivity index (χ1) is 9.45. The lowest BCUT2D eigenvalue weighted by atomic mass is 9.99. The van der Waals surface area contributed by atoms with Crippen LogP contribution in [0, 0.1) is 17.5 Å². The minimum absolute atomic E-state index is 0.193. The Balaban J connectivity index is 2.08. The van der Waals surface area contributed by atoms with E-state index in [1.807, 2.05) is 0 Å². The van der Waals surface area contributed by atoms with Crippen molar-refractivity contribution in [3.05, 3.63) is 70.0 Å². The van der Waals surface area contributed by atoms with Crippen molar-refractivity contribution < 1.29 is 13.2 Å². The highest BCUT2D eigenvalue weighted by Crippen LogP contribution is 2.18. The van der Waals surface area contributed by atoms with Gasteiger partial charge in [0.25, 0.3) is 0 Å². The molecule has 2 rings (SSSR count). The van der Waals surface area contributed by atoms with Crippen molar-refractivity contribution in [2.45, 2.75) is 18.9 Å². The van der Waals surface area contributed by atoms with Crippen LogP contribution in [-0.2, 0) is 12.8 Å². The number of rotatable bonds is 4. The van der Waals surface area contributed by atoms with Gasteiger partial charge in [-0.25, -0.2) is 13.2 Å². The van der Waals surface area contributed by atoms with Gasteiger partial charge in [-0.1, -0.05) is 17.7 Å². The largest absolute Gasteiger partial charge is 0.327 e. The highest BCUT2D eigenvalue weighted by atomic mass is 35.5. The molecule has 20 heavy (non-hydrogen) atoms. The van der Waals surface area contributed by atoms with Crippen LogP contribution in [-0.4, -0.2) is 6.04 Å². The van der Waals surface area contributed by atoms with Gasteiger partial charge in [-0.15, -0.1) is 0 Å². The van der Waals surface area contributed by atoms with Crippen LogP contribution >= 0.6 is 11.6 Å². The Morgan fingerprint density at radius 2 is 1.60 bits per heavy atom. The van der Waals surface area contributed by atoms with Crippen LogP contribution in [0.5, 0.6) is 0 Å². The fourth-order valence-electron chi connectivity index (χ4n) is 2.02. The lowest BCUT2D eigenvalue weighted by Crippen LogP contribution is -2.26. The highest BCUT2D eigenvalue weighted by Gasteiger charge is 2.12. The minimum Gasteiger partial charge on any atom is -0.327 e. The van der Waals surface area contributed by atoms with Gasteiger partial charge in [0.15, 0.2) is 0 Å². The maximum absolute atomic E-state index is 13.6. The second-order valence-electron chi connectivity index (χ2n) is 4.64. The molecule has 0 bridgehead atoms. The Kier molecular flexibility index (Phi) is 4.68. The van der Waals surface area contributed by atoms with Gasteiger partial charge in [0.1, 0.15) is 17.5 Å². The standard InChI is InChI=1S/C15H13ClF3N/c16-11-2-4-14(18)10(5-11)7-13(20)6-9-1-3-12(17)8-15(9)19/h1-5,8,13H,6-7,20H2. The lowest BCUT2D eigenvalue weighted by Gasteiger charge is -2.13. The van der Waals surface area contributed by atoms with E-state index in [-0.39, 0.29) is 12.8 Å². The summed E-state index contributed by atoms with van der Waals surface area (Å²) in [6, 6.07) is 7.06. The zero-order valence-electron chi connectivity index (χ0n) is 10.5. The molecule has 0 spiro atoms. The summed E-state index contributed by atoms with van der Waals surface area (Å²) in [5.41, 5.74) is 6.58. The predicted octanol–water partition coefficient (Wildman–Crippen LogP) is 3.87. The zero-order chi connectivity index (χ0) is 14.7. The Hall–Kier alpha value is -1.52. The van der Waals surface area contributed by atoms with Gasteiger partial charge < -0.3 is 5.73 Å². The molecule has 0 amide bonds. The third-order valence-electron chi connectivity index (χ3n) is 2.99. The van der Waals surface area contributed by atoms with Crippen molar-refractivity contribution in [2.24, 2.45) is 5.73 Å². The van der Waals surface area contributed by atoms with E-state index in [1.54, 1.807) is 0 Å². The molecule has 2 aromatic rings. The van der Waals surface area contributed by atoms with Gasteiger partial charge >= 0.3 is 0 Å². The maximum Gasteiger partial charge on any atom is 0.129 e. The van der Waals surface area contributed by atoms with E-state index in [2.05, 4.69) is 0 Å². The van der Waals surface area contributed by atoms with Gasteiger partial charge in [-0.05, 0) is 48.2 Å². The van der Waals surface area contributed by atoms with E-state index >= 15 is 0 Å². The van der Waals surface area contributed by atoms with Gasteiger partial charge in [-0.2, -0.15) is 0 Å². The molecule has 0 saturated heterocycles. The summed E-state index contributed by atoms with van der Waals surface area (Å²) in [5.74, 6) is -1.68. The van der Waals surface area contributed by atoms with E-state index < -0.39 is 23.5 Å². The second kappa shape index (κ2) is 6.29. The van der Waals surface area contributed by atoms with Crippen LogP contribution in [0.2, 0.25) is 5.02 Å². The quantitative estimate of drug-likeness (QED) is 0.911. The average molecular weight is 300 g/mol. The van der Waals surface area contributed by atoms with Gasteiger partial charge in [-0.3, -0.25) is 0 Å². The Morgan fingerprint density at radius 3 is 2.30 bits per heavy atom. The molecule has 1 nitrogen and oxygen atoms in total. The molecule has 106 valence electrons. The molecule has 0 aliphatic carbocycles. The number of hydrogen-bond acceptors (Lipinski definition) is 1. The fourth-order valence-corrected chi connectivity index (χ4v) is 2.22. The molecule has 0 saturated carbocycles. The number of hydrogen-bond donors (Lipinski definition) is 1. The van der Waals surface area contributed by atoms with Gasteiger partial charge in [0.2, 0.25) is 0 Å². The Labute approximate surface area is 120 Å². The van der Waals surface area contributed by atoms with Crippen molar-refractivity contribution in [3.8, 4) is 0 Å². The summed E-state index contributed by atoms with van der Waals surface area (Å²) in [6.45, 7) is 0. The summed E-state index contributed by atoms with van der Waals surface area (Å²) >= 11 is 5.79. The molecule has 0 aromatic heterocycles. The topological polar surface area (TPSA) is 26.0 Å². The van der Waals surface area contributed by atoms with Crippen molar-refractivity contribution in [1.29, 1.82) is 0 Å². The molecule has 2 N–H and O–H groups in total. The Morgan fingerprint density at radius 1 is 0.900 bits per heavy atom. The number of benzene rings is 2. The van der Waals surface area contributed by atoms with Crippen LogP contribution in [0.1, 0.15) is 11.1 Å². The molecule has 5 heteroatoms. The van der Waals surface area contributed by atoms with E-state index in [9.17, 15) is 13.2 Å². The lowest BCUT2D eigenvalue weighted by molar-refractivity contribution is 0.551. The number of halogens is 4. The molecular weight excluding hydrogens is 287 g/mol. The molecular formula is C15H13ClF3N. The first-order valence-corrected chi connectivity index (χ1v) is 6.47. The Bertz CT molecular complexity index is 616. The minimum atomic E-state index is -0.646. The van der Waals surface area contributed by atoms with Crippen molar-refractivity contribution in [1.82, 2.24) is 0 Å². The fraction of sp³-hybridized carbons (Fsp3) is 0.200. The van der Waals surface area contributed by atoms with Crippen LogP contribution in [0.15, 0.2) is 36.4 Å². The normalized spacial score (nSPS) is 12.4. The molecule has 0 radical (unpaired) electrons. The first-order valence-electron chi connectivity index (χ1n) is 6.09. The molecule has 1 atom stereocenters. The van der Waals surface area contributed by atoms with Crippen LogP contribution in [0.3, 0.4) is 0 Å². The van der Waals surface area contributed by atoms with Crippen molar-refractivity contribution >= 4 is 11.6 Å². The highest BCUT2D eigenvalue weighted by molar-refractivity contribution is 6.30. The summed E-state index contributed by atoms with van der Waals surface area (Å²) in [7, 11) is 0. The molecule has 2 aromatic carbocycles. The van der Waals surface area contributed by atoms with Gasteiger partial charge in [0.05, 0.1) is 0 Å². The zero-order valence-corrected chi connectivity index (χ0v) is 11.3. The van der Waals surface area contributed by atoms with E-state index in [0.717, 1.165) is 6.07 Å². The van der Waals surface area contributed by atoms with Crippen LogP contribution in [0.4, 0.5) is 13.2 Å². The van der Waals surface area contributed by atoms with E-state index in [0.29, 0.717) is 16.1 Å². The van der Waals surface area contributed by atoms with Gasteiger partial charge in [0, 0.05) is 17.1 Å². The predicted molar refractivity (Wildman–Crippen MR) is 73.2 cm³/mol. The molecule has 0 fully saturated rings. The molecule has 0 aliphatic heterocycles. The van der Waals surface area contributed by atoms with Crippen molar-refractivity contribution in [2.75, 3.05) is 0 Å². The molecule has 0 aliphatic rings. The summed E-state index contributed by atoms with van der Waals surface area (Å²) in [6.07, 6.45) is 0.418. The van der Waals surface area contributed by atoms with Crippen LogP contribution < -0.4 is 5.73 Å². The summed E-state index contributed by atoms with van der Waals surface area (Å²) in [5, 5.41) is 0.418. The number of nitrogens with two attached hydrogens (primary N) is 1. The molecule has 1 unspecified atom stereocenters. The third kappa shape index (κ3) is 3.74. The SMILES string of the molecule is NC(Cc1ccc(F)cc1F)Cc1cc(Cl)ccc1F. The first kappa shape index (κ1) is 14.9. The van der Waals surface area contributed by atoms with E-state index in [1.165, 1.54) is 30.3 Å². The third-order valence-corrected chi connectivity index (χ3v) is 3.22. The van der Waals surface area contributed by atoms with Crippen LogP contribution in [0.25, 0.3) is 0 Å². The average Bonchev–Trinajstić information content (AvgIpc) is 2.37. The maximum atomic E-state index is 13.6. The van der Waals surface area contributed by atoms with Crippen molar-refractivity contribution in [3.63, 3.8) is 0 Å². The second-order valence-corrected chi connectivity index (χ2v) is 5.08. The van der Waals surface area contributed by atoms with E-state index in [4.69, 9.17) is 17.3 Å². The summed E-state index contributed by atoms with van der Waals surface area (Å²) in [4.78, 5) is 0. The summed E-state index contributed by atoms with van der Waals surface area (Å²) < 4.78 is 39.9. The molecule has 0 heterocycles. The monoisotopic (exact) mass is 299 g/mol. The smallest absolute Gasteiger partial charge is 0.129 e.